The van der Waals surface area contributed by atoms with Crippen LogP contribution in [0.15, 0.2) is 70.5 Å². The van der Waals surface area contributed by atoms with Crippen molar-refractivity contribution in [2.45, 2.75) is 16.7 Å². The molecule has 0 saturated heterocycles. The summed E-state index contributed by atoms with van der Waals surface area (Å²) in [6.45, 7) is 1.67. The van der Waals surface area contributed by atoms with Crippen LogP contribution in [0.1, 0.15) is 6.92 Å². The van der Waals surface area contributed by atoms with Crippen LogP contribution in [-0.4, -0.2) is 19.6 Å². The largest absolute Gasteiger partial charge is 0.302 e. The lowest BCUT2D eigenvalue weighted by molar-refractivity contribution is 0.369. The van der Waals surface area contributed by atoms with Crippen molar-refractivity contribution in [3.05, 3.63) is 72.3 Å². The van der Waals surface area contributed by atoms with E-state index in [1.54, 1.807) is 55.5 Å². The van der Waals surface area contributed by atoms with Crippen molar-refractivity contribution >= 4 is 43.7 Å². The lowest BCUT2D eigenvalue weighted by Gasteiger charge is -2.18. The summed E-state index contributed by atoms with van der Waals surface area (Å²) >= 11 is -4.93. The molecule has 154 valence electrons. The standard InChI is InChI=1S/C22H16F2O4S2/c1-2-28-30(27)22-18(24)12-14-8-4-6-10-16(14)20(22)19-15-9-5-3-7-13(15)11-17(23)21(19)29(25)26/h3-12H,2H2,1H3,(H,25,26). The molecule has 8 heteroatoms. The van der Waals surface area contributed by atoms with Gasteiger partial charge < -0.3 is 4.55 Å². The van der Waals surface area contributed by atoms with Crippen LogP contribution in [0.2, 0.25) is 0 Å². The first-order valence-corrected chi connectivity index (χ1v) is 11.2. The Morgan fingerprint density at radius 3 is 1.80 bits per heavy atom. The third-order valence-corrected chi connectivity index (χ3v) is 6.66. The van der Waals surface area contributed by atoms with Crippen molar-refractivity contribution in [1.29, 1.82) is 0 Å². The maximum absolute atomic E-state index is 15.2. The van der Waals surface area contributed by atoms with Crippen molar-refractivity contribution in [3.63, 3.8) is 0 Å². The van der Waals surface area contributed by atoms with Crippen molar-refractivity contribution < 1.29 is 25.9 Å². The fourth-order valence-corrected chi connectivity index (χ4v) is 5.13. The Morgan fingerprint density at radius 2 is 1.30 bits per heavy atom. The van der Waals surface area contributed by atoms with Crippen LogP contribution in [-0.2, 0) is 26.3 Å². The van der Waals surface area contributed by atoms with Crippen LogP contribution in [0.25, 0.3) is 32.7 Å². The average Bonchev–Trinajstić information content (AvgIpc) is 2.71. The van der Waals surface area contributed by atoms with Gasteiger partial charge in [-0.25, -0.2) is 17.2 Å². The summed E-state index contributed by atoms with van der Waals surface area (Å²) in [5.41, 5.74) is 0.0932. The number of hydrogen-bond donors (Lipinski definition) is 1. The van der Waals surface area contributed by atoms with Gasteiger partial charge in [0.2, 0.25) is 0 Å². The summed E-state index contributed by atoms with van der Waals surface area (Å²) in [6.07, 6.45) is 0. The average molecular weight is 446 g/mol. The molecule has 4 aromatic carbocycles. The minimum absolute atomic E-state index is 0.0187. The first kappa shape index (κ1) is 20.7. The molecule has 0 saturated carbocycles. The topological polar surface area (TPSA) is 63.6 Å². The van der Waals surface area contributed by atoms with Gasteiger partial charge in [0.25, 0.3) is 0 Å². The summed E-state index contributed by atoms with van der Waals surface area (Å²) in [6, 6.07) is 15.8. The van der Waals surface area contributed by atoms with Gasteiger partial charge in [-0.2, -0.15) is 0 Å². The minimum Gasteiger partial charge on any atom is -0.302 e. The summed E-state index contributed by atoms with van der Waals surface area (Å²) in [5, 5.41) is 1.83. The van der Waals surface area contributed by atoms with E-state index in [1.165, 1.54) is 6.07 Å². The van der Waals surface area contributed by atoms with Gasteiger partial charge in [-0.3, -0.25) is 4.18 Å². The van der Waals surface area contributed by atoms with Gasteiger partial charge in [0, 0.05) is 11.1 Å². The Hall–Kier alpha value is -2.52. The number of fused-ring (bicyclic) bond motifs is 2. The van der Waals surface area contributed by atoms with Crippen LogP contribution in [0.3, 0.4) is 0 Å². The van der Waals surface area contributed by atoms with Gasteiger partial charge in [-0.15, -0.1) is 0 Å². The second-order valence-electron chi connectivity index (χ2n) is 6.46. The third kappa shape index (κ3) is 3.45. The molecule has 0 radical (unpaired) electrons. The highest BCUT2D eigenvalue weighted by atomic mass is 32.2. The minimum atomic E-state index is -2.72. The van der Waals surface area contributed by atoms with E-state index in [1.807, 2.05) is 0 Å². The quantitative estimate of drug-likeness (QED) is 0.407. The van der Waals surface area contributed by atoms with Crippen LogP contribution in [0.5, 0.6) is 0 Å². The first-order valence-electron chi connectivity index (χ1n) is 9.02. The smallest absolute Gasteiger partial charge is 0.192 e. The Labute approximate surface area is 176 Å². The molecule has 4 nitrogen and oxygen atoms in total. The maximum Gasteiger partial charge on any atom is 0.192 e. The predicted molar refractivity (Wildman–Crippen MR) is 114 cm³/mol. The van der Waals surface area contributed by atoms with Crippen LogP contribution in [0.4, 0.5) is 8.78 Å². The van der Waals surface area contributed by atoms with Crippen LogP contribution >= 0.6 is 0 Å². The number of benzene rings is 4. The molecule has 4 aromatic rings. The van der Waals surface area contributed by atoms with Gasteiger partial charge in [0.1, 0.15) is 21.4 Å². The van der Waals surface area contributed by atoms with Gasteiger partial charge in [-0.05, 0) is 40.6 Å². The zero-order valence-electron chi connectivity index (χ0n) is 15.7. The van der Waals surface area contributed by atoms with E-state index in [4.69, 9.17) is 4.18 Å². The predicted octanol–water partition coefficient (Wildman–Crippen LogP) is 5.58. The SMILES string of the molecule is CCOS(=O)c1c(F)cc2ccccc2c1-c1c(S(=O)O)c(F)cc2ccccc12. The van der Waals surface area contributed by atoms with Crippen molar-refractivity contribution in [1.82, 2.24) is 0 Å². The second-order valence-corrected chi connectivity index (χ2v) is 8.48. The molecule has 0 aliphatic carbocycles. The monoisotopic (exact) mass is 446 g/mol. The van der Waals surface area contributed by atoms with Crippen molar-refractivity contribution in [3.8, 4) is 11.1 Å². The normalized spacial score (nSPS) is 13.6. The molecule has 0 heterocycles. The lowest BCUT2D eigenvalue weighted by Crippen LogP contribution is -2.07. The molecule has 0 bridgehead atoms. The van der Waals surface area contributed by atoms with E-state index >= 15 is 4.39 Å². The second kappa shape index (κ2) is 8.31. The highest BCUT2D eigenvalue weighted by molar-refractivity contribution is 7.80. The van der Waals surface area contributed by atoms with Crippen molar-refractivity contribution in [2.24, 2.45) is 0 Å². The van der Waals surface area contributed by atoms with E-state index in [0.29, 0.717) is 21.5 Å². The van der Waals surface area contributed by atoms with E-state index < -0.39 is 38.7 Å². The lowest BCUT2D eigenvalue weighted by atomic mass is 9.93. The molecule has 2 unspecified atom stereocenters. The highest BCUT2D eigenvalue weighted by Crippen LogP contribution is 2.43. The maximum atomic E-state index is 15.2. The van der Waals surface area contributed by atoms with Gasteiger partial charge in [0.15, 0.2) is 22.2 Å². The Bertz CT molecular complexity index is 1340. The van der Waals surface area contributed by atoms with Crippen LogP contribution in [0, 0.1) is 11.6 Å². The van der Waals surface area contributed by atoms with Gasteiger partial charge in [-0.1, -0.05) is 48.5 Å². The van der Waals surface area contributed by atoms with Gasteiger partial charge in [0.05, 0.1) is 6.61 Å². The fraction of sp³-hybridized carbons (Fsp3) is 0.0909. The van der Waals surface area contributed by atoms with E-state index in [2.05, 4.69) is 0 Å². The Kier molecular flexibility index (Phi) is 5.75. The molecule has 1 N–H and O–H groups in total. The van der Waals surface area contributed by atoms with Crippen molar-refractivity contribution in [2.75, 3.05) is 6.61 Å². The molecule has 0 fully saturated rings. The summed E-state index contributed by atoms with van der Waals surface area (Å²) in [5.74, 6) is -1.72. The number of halogens is 2. The molecular formula is C22H16F2O4S2. The highest BCUT2D eigenvalue weighted by Gasteiger charge is 2.27. The molecular weight excluding hydrogens is 430 g/mol. The molecule has 30 heavy (non-hydrogen) atoms. The zero-order chi connectivity index (χ0) is 21.4. The number of rotatable bonds is 5. The first-order chi connectivity index (χ1) is 14.4. The van der Waals surface area contributed by atoms with E-state index in [-0.39, 0.29) is 22.6 Å². The molecule has 0 aliphatic rings. The summed E-state index contributed by atoms with van der Waals surface area (Å²) < 4.78 is 70.2. The summed E-state index contributed by atoms with van der Waals surface area (Å²) in [7, 11) is 0. The fourth-order valence-electron chi connectivity index (χ4n) is 3.58. The molecule has 2 atom stereocenters. The summed E-state index contributed by atoms with van der Waals surface area (Å²) in [4.78, 5) is -0.794. The Balaban J connectivity index is 2.29. The molecule has 0 aromatic heterocycles. The van der Waals surface area contributed by atoms with Gasteiger partial charge >= 0.3 is 0 Å². The number of hydrogen-bond acceptors (Lipinski definition) is 3. The molecule has 0 amide bonds. The van der Waals surface area contributed by atoms with E-state index in [0.717, 1.165) is 6.07 Å². The molecule has 0 aliphatic heterocycles. The Morgan fingerprint density at radius 1 is 0.833 bits per heavy atom. The third-order valence-electron chi connectivity index (χ3n) is 4.73. The molecule has 0 spiro atoms. The van der Waals surface area contributed by atoms with Crippen LogP contribution < -0.4 is 0 Å². The molecule has 4 rings (SSSR count). The zero-order valence-corrected chi connectivity index (χ0v) is 17.4. The van der Waals surface area contributed by atoms with E-state index in [9.17, 15) is 17.4 Å².